The molecular weight excluding hydrogens is 340 g/mol. The maximum atomic E-state index is 12.2. The van der Waals surface area contributed by atoms with Gasteiger partial charge in [0.15, 0.2) is 0 Å². The first-order chi connectivity index (χ1) is 11.8. The van der Waals surface area contributed by atoms with Crippen molar-refractivity contribution in [3.05, 3.63) is 59.2 Å². The second kappa shape index (κ2) is 7.67. The van der Waals surface area contributed by atoms with Crippen LogP contribution in [-0.2, 0) is 16.6 Å². The molecule has 0 aromatic heterocycles. The summed E-state index contributed by atoms with van der Waals surface area (Å²) >= 11 is 0. The van der Waals surface area contributed by atoms with E-state index in [1.54, 1.807) is 31.4 Å². The Kier molecular flexibility index (Phi) is 5.81. The molecule has 0 spiro atoms. The normalized spacial score (nSPS) is 11.4. The van der Waals surface area contributed by atoms with Crippen LogP contribution in [0, 0.1) is 6.92 Å². The second-order valence-corrected chi connectivity index (χ2v) is 7.95. The number of benzene rings is 2. The van der Waals surface area contributed by atoms with Crippen LogP contribution >= 0.6 is 0 Å². The highest BCUT2D eigenvalue weighted by Crippen LogP contribution is 2.19. The number of sulfonamides is 1. The molecule has 0 atom stereocenters. The van der Waals surface area contributed by atoms with Gasteiger partial charge in [0.05, 0.1) is 12.0 Å². The lowest BCUT2D eigenvalue weighted by Crippen LogP contribution is -2.23. The molecule has 0 heterocycles. The van der Waals surface area contributed by atoms with E-state index in [9.17, 15) is 13.2 Å². The second-order valence-electron chi connectivity index (χ2n) is 5.80. The van der Waals surface area contributed by atoms with Crippen LogP contribution in [0.3, 0.4) is 0 Å². The lowest BCUT2D eigenvalue weighted by atomic mass is 10.1. The molecule has 2 rings (SSSR count). The molecule has 0 saturated heterocycles. The molecule has 2 aromatic carbocycles. The molecule has 1 N–H and O–H groups in total. The Balaban J connectivity index is 2.05. The van der Waals surface area contributed by atoms with Crippen LogP contribution in [0.4, 0.5) is 0 Å². The van der Waals surface area contributed by atoms with E-state index in [1.165, 1.54) is 26.2 Å². The molecule has 134 valence electrons. The van der Waals surface area contributed by atoms with Crippen LogP contribution in [0.1, 0.15) is 21.5 Å². The maximum absolute atomic E-state index is 12.2. The molecule has 2 aromatic rings. The van der Waals surface area contributed by atoms with Crippen LogP contribution < -0.4 is 10.1 Å². The number of amides is 1. The van der Waals surface area contributed by atoms with Crippen LogP contribution in [0.15, 0.2) is 47.4 Å². The molecule has 0 aliphatic heterocycles. The highest BCUT2D eigenvalue weighted by Gasteiger charge is 2.16. The molecule has 0 fully saturated rings. The minimum Gasteiger partial charge on any atom is -0.496 e. The van der Waals surface area contributed by atoms with Crippen molar-refractivity contribution in [3.8, 4) is 5.75 Å². The predicted molar refractivity (Wildman–Crippen MR) is 96.2 cm³/mol. The highest BCUT2D eigenvalue weighted by molar-refractivity contribution is 7.89. The third-order valence-electron chi connectivity index (χ3n) is 3.83. The Morgan fingerprint density at radius 3 is 2.32 bits per heavy atom. The number of methoxy groups -OCH3 is 1. The van der Waals surface area contributed by atoms with Gasteiger partial charge in [-0.15, -0.1) is 0 Å². The van der Waals surface area contributed by atoms with E-state index in [0.717, 1.165) is 15.4 Å². The Morgan fingerprint density at radius 1 is 1.12 bits per heavy atom. The minimum absolute atomic E-state index is 0.218. The van der Waals surface area contributed by atoms with Gasteiger partial charge in [0.25, 0.3) is 5.91 Å². The Morgan fingerprint density at radius 2 is 1.76 bits per heavy atom. The summed E-state index contributed by atoms with van der Waals surface area (Å²) in [4.78, 5) is 12.5. The number of nitrogens with zero attached hydrogens (tertiary/aromatic N) is 1. The molecule has 0 unspecified atom stereocenters. The van der Waals surface area contributed by atoms with Gasteiger partial charge in [0.1, 0.15) is 5.75 Å². The third kappa shape index (κ3) is 4.37. The Hall–Kier alpha value is -2.38. The third-order valence-corrected chi connectivity index (χ3v) is 5.65. The molecule has 0 bridgehead atoms. The maximum Gasteiger partial charge on any atom is 0.251 e. The average molecular weight is 362 g/mol. The number of ether oxygens (including phenoxy) is 1. The van der Waals surface area contributed by atoms with Crippen molar-refractivity contribution in [1.82, 2.24) is 9.62 Å². The summed E-state index contributed by atoms with van der Waals surface area (Å²) in [5, 5.41) is 2.81. The molecule has 6 nitrogen and oxygen atoms in total. The molecule has 7 heteroatoms. The van der Waals surface area contributed by atoms with Gasteiger partial charge in [0.2, 0.25) is 10.0 Å². The van der Waals surface area contributed by atoms with Crippen LogP contribution in [0.2, 0.25) is 0 Å². The number of hydrogen-bond acceptors (Lipinski definition) is 4. The fourth-order valence-corrected chi connectivity index (χ4v) is 3.14. The first kappa shape index (κ1) is 19.0. The summed E-state index contributed by atoms with van der Waals surface area (Å²) in [6.45, 7) is 2.21. The van der Waals surface area contributed by atoms with Crippen molar-refractivity contribution in [1.29, 1.82) is 0 Å². The van der Waals surface area contributed by atoms with Crippen molar-refractivity contribution in [2.24, 2.45) is 0 Å². The van der Waals surface area contributed by atoms with Crippen molar-refractivity contribution in [3.63, 3.8) is 0 Å². The summed E-state index contributed by atoms with van der Waals surface area (Å²) in [6, 6.07) is 11.7. The number of aryl methyl sites for hydroxylation is 1. The van der Waals surface area contributed by atoms with Gasteiger partial charge in [-0.2, -0.15) is 0 Å². The smallest absolute Gasteiger partial charge is 0.251 e. The molecule has 25 heavy (non-hydrogen) atoms. The quantitative estimate of drug-likeness (QED) is 0.855. The van der Waals surface area contributed by atoms with Gasteiger partial charge in [-0.05, 0) is 42.3 Å². The van der Waals surface area contributed by atoms with Crippen LogP contribution in [0.25, 0.3) is 0 Å². The van der Waals surface area contributed by atoms with Gasteiger partial charge in [-0.3, -0.25) is 4.79 Å². The van der Waals surface area contributed by atoms with E-state index in [4.69, 9.17) is 4.74 Å². The standard InChI is InChI=1S/C18H22N2O4S/c1-13-5-8-15(11-17(13)24-4)18(21)19-12-14-6-9-16(10-7-14)25(22,23)20(2)3/h5-11H,12H2,1-4H3,(H,19,21). The lowest BCUT2D eigenvalue weighted by molar-refractivity contribution is 0.0950. The van der Waals surface area contributed by atoms with Crippen molar-refractivity contribution >= 4 is 15.9 Å². The van der Waals surface area contributed by atoms with Crippen molar-refractivity contribution in [2.45, 2.75) is 18.4 Å². The first-order valence-electron chi connectivity index (χ1n) is 7.70. The SMILES string of the molecule is COc1cc(C(=O)NCc2ccc(S(=O)(=O)N(C)C)cc2)ccc1C. The molecule has 1 amide bonds. The number of rotatable bonds is 6. The minimum atomic E-state index is -3.45. The lowest BCUT2D eigenvalue weighted by Gasteiger charge is -2.12. The molecule has 0 aliphatic carbocycles. The van der Waals surface area contributed by atoms with Crippen molar-refractivity contribution in [2.75, 3.05) is 21.2 Å². The van der Waals surface area contributed by atoms with E-state index >= 15 is 0 Å². The summed E-state index contributed by atoms with van der Waals surface area (Å²) in [6.07, 6.45) is 0. The van der Waals surface area contributed by atoms with Gasteiger partial charge in [-0.1, -0.05) is 18.2 Å². The zero-order valence-electron chi connectivity index (χ0n) is 14.7. The van der Waals surface area contributed by atoms with Crippen molar-refractivity contribution < 1.29 is 17.9 Å². The summed E-state index contributed by atoms with van der Waals surface area (Å²) in [5.41, 5.74) is 2.27. The molecule has 0 saturated carbocycles. The van der Waals surface area contributed by atoms with E-state index < -0.39 is 10.0 Å². The molecule has 0 aliphatic rings. The van der Waals surface area contributed by atoms with E-state index in [2.05, 4.69) is 5.32 Å². The fourth-order valence-electron chi connectivity index (χ4n) is 2.24. The topological polar surface area (TPSA) is 75.7 Å². The monoisotopic (exact) mass is 362 g/mol. The summed E-state index contributed by atoms with van der Waals surface area (Å²) < 4.78 is 30.4. The Bertz CT molecular complexity index is 859. The summed E-state index contributed by atoms with van der Waals surface area (Å²) in [5.74, 6) is 0.439. The van der Waals surface area contributed by atoms with Gasteiger partial charge >= 0.3 is 0 Å². The number of carbonyl (C=O) groups is 1. The zero-order chi connectivity index (χ0) is 18.6. The molecular formula is C18H22N2O4S. The van der Waals surface area contributed by atoms with Gasteiger partial charge in [-0.25, -0.2) is 12.7 Å². The van der Waals surface area contributed by atoms with Crippen LogP contribution in [0.5, 0.6) is 5.75 Å². The zero-order valence-corrected chi connectivity index (χ0v) is 15.6. The van der Waals surface area contributed by atoms with E-state index in [-0.39, 0.29) is 10.8 Å². The fraction of sp³-hybridized carbons (Fsp3) is 0.278. The van der Waals surface area contributed by atoms with Crippen LogP contribution in [-0.4, -0.2) is 39.8 Å². The Labute approximate surface area is 148 Å². The average Bonchev–Trinajstić information content (AvgIpc) is 2.60. The first-order valence-corrected chi connectivity index (χ1v) is 9.14. The predicted octanol–water partition coefficient (Wildman–Crippen LogP) is 2.18. The number of nitrogens with one attached hydrogen (secondary N) is 1. The largest absolute Gasteiger partial charge is 0.496 e. The number of hydrogen-bond donors (Lipinski definition) is 1. The van der Waals surface area contributed by atoms with E-state index in [1.807, 2.05) is 13.0 Å². The number of carbonyl (C=O) groups excluding carboxylic acids is 1. The highest BCUT2D eigenvalue weighted by atomic mass is 32.2. The van der Waals surface area contributed by atoms with Gasteiger partial charge in [0, 0.05) is 26.2 Å². The summed E-state index contributed by atoms with van der Waals surface area (Å²) in [7, 11) is 1.09. The van der Waals surface area contributed by atoms with Gasteiger partial charge < -0.3 is 10.1 Å². The van der Waals surface area contributed by atoms with E-state index in [0.29, 0.717) is 17.9 Å². The molecule has 0 radical (unpaired) electrons.